The van der Waals surface area contributed by atoms with E-state index in [2.05, 4.69) is 4.98 Å². The Morgan fingerprint density at radius 2 is 1.54 bits per heavy atom. The van der Waals surface area contributed by atoms with Crippen LogP contribution in [0.4, 0.5) is 0 Å². The Bertz CT molecular complexity index is 714. The Labute approximate surface area is 136 Å². The van der Waals surface area contributed by atoms with Gasteiger partial charge in [-0.3, -0.25) is 4.79 Å². The molecule has 24 heavy (non-hydrogen) atoms. The predicted octanol–water partition coefficient (Wildman–Crippen LogP) is -1.56. The maximum atomic E-state index is 12.1. The van der Waals surface area contributed by atoms with Gasteiger partial charge in [-0.25, -0.2) is 0 Å². The van der Waals surface area contributed by atoms with E-state index in [4.69, 9.17) is 4.74 Å². The minimum Gasteiger partial charge on any atom is -0.456 e. The number of para-hydroxylation sites is 1. The van der Waals surface area contributed by atoms with Crippen molar-refractivity contribution in [1.82, 2.24) is 4.98 Å². The van der Waals surface area contributed by atoms with Gasteiger partial charge in [0.2, 0.25) is 0 Å². The van der Waals surface area contributed by atoms with Crippen molar-refractivity contribution in [2.75, 3.05) is 0 Å². The number of hydrogen-bond acceptors (Lipinski definition) is 7. The fourth-order valence-electron chi connectivity index (χ4n) is 2.96. The average Bonchev–Trinajstić information content (AvgIpc) is 2.98. The van der Waals surface area contributed by atoms with Crippen LogP contribution in [0, 0.1) is 0 Å². The summed E-state index contributed by atoms with van der Waals surface area (Å²) in [4.78, 5) is 15.1. The van der Waals surface area contributed by atoms with Gasteiger partial charge in [-0.05, 0) is 11.6 Å². The van der Waals surface area contributed by atoms with Gasteiger partial charge in [0.05, 0.1) is 6.42 Å². The van der Waals surface area contributed by atoms with Gasteiger partial charge in [0, 0.05) is 17.1 Å². The molecule has 0 aliphatic heterocycles. The van der Waals surface area contributed by atoms with Gasteiger partial charge >= 0.3 is 5.97 Å². The molecular formula is C16H19NO7. The van der Waals surface area contributed by atoms with Crippen LogP contribution >= 0.6 is 0 Å². The Balaban J connectivity index is 1.72. The van der Waals surface area contributed by atoms with Crippen molar-refractivity contribution >= 4 is 16.9 Å². The first-order valence-electron chi connectivity index (χ1n) is 7.55. The van der Waals surface area contributed by atoms with Crippen LogP contribution in [0.25, 0.3) is 10.9 Å². The number of ether oxygens (including phenoxy) is 1. The van der Waals surface area contributed by atoms with Crippen LogP contribution in [0.15, 0.2) is 30.5 Å². The highest BCUT2D eigenvalue weighted by Gasteiger charge is 2.50. The number of aliphatic hydroxyl groups is 5. The molecule has 1 aliphatic rings. The molecule has 0 radical (unpaired) electrons. The molecule has 1 heterocycles. The summed E-state index contributed by atoms with van der Waals surface area (Å²) >= 11 is 0. The van der Waals surface area contributed by atoms with Crippen molar-refractivity contribution in [2.24, 2.45) is 0 Å². The molecule has 1 aromatic carbocycles. The van der Waals surface area contributed by atoms with Crippen molar-refractivity contribution in [3.05, 3.63) is 36.0 Å². The van der Waals surface area contributed by atoms with E-state index in [-0.39, 0.29) is 6.42 Å². The van der Waals surface area contributed by atoms with E-state index in [9.17, 15) is 30.3 Å². The standard InChI is InChI=1S/C16H19NO7/c18-10(5-7-6-17-9-4-2-1-3-8(7)9)24-16-14(22)12(20)11(19)13(21)15(16)23/h1-4,6,11-17,19-23H,5H2. The van der Waals surface area contributed by atoms with Crippen molar-refractivity contribution in [3.8, 4) is 0 Å². The number of rotatable bonds is 3. The summed E-state index contributed by atoms with van der Waals surface area (Å²) in [6, 6.07) is 7.37. The van der Waals surface area contributed by atoms with Gasteiger partial charge in [0.1, 0.15) is 30.5 Å². The number of hydrogen-bond donors (Lipinski definition) is 6. The molecule has 0 amide bonds. The summed E-state index contributed by atoms with van der Waals surface area (Å²) in [5.41, 5.74) is 1.53. The Morgan fingerprint density at radius 3 is 2.21 bits per heavy atom. The predicted molar refractivity (Wildman–Crippen MR) is 81.9 cm³/mol. The third-order valence-corrected chi connectivity index (χ3v) is 4.35. The maximum Gasteiger partial charge on any atom is 0.310 e. The van der Waals surface area contributed by atoms with Crippen LogP contribution in [-0.4, -0.2) is 73.1 Å². The first-order chi connectivity index (χ1) is 11.4. The summed E-state index contributed by atoms with van der Waals surface area (Å²) in [7, 11) is 0. The lowest BCUT2D eigenvalue weighted by Crippen LogP contribution is -2.64. The van der Waals surface area contributed by atoms with Gasteiger partial charge in [-0.15, -0.1) is 0 Å². The molecule has 1 aromatic heterocycles. The molecule has 6 N–H and O–H groups in total. The van der Waals surface area contributed by atoms with E-state index in [1.54, 1.807) is 6.20 Å². The van der Waals surface area contributed by atoms with E-state index in [1.165, 1.54) is 0 Å². The molecule has 130 valence electrons. The summed E-state index contributed by atoms with van der Waals surface area (Å²) in [5.74, 6) is -0.737. The molecule has 1 aliphatic carbocycles. The van der Waals surface area contributed by atoms with E-state index in [0.29, 0.717) is 5.56 Å². The van der Waals surface area contributed by atoms with Gasteiger partial charge in [-0.2, -0.15) is 0 Å². The Hall–Kier alpha value is -1.97. The normalized spacial score (nSPS) is 33.5. The van der Waals surface area contributed by atoms with E-state index >= 15 is 0 Å². The highest BCUT2D eigenvalue weighted by molar-refractivity contribution is 5.87. The number of aliphatic hydroxyl groups excluding tert-OH is 5. The highest BCUT2D eigenvalue weighted by atomic mass is 16.6. The van der Waals surface area contributed by atoms with Crippen LogP contribution in [0.3, 0.4) is 0 Å². The van der Waals surface area contributed by atoms with E-state index in [1.807, 2.05) is 24.3 Å². The number of nitrogens with one attached hydrogen (secondary N) is 1. The summed E-state index contributed by atoms with van der Waals surface area (Å²) < 4.78 is 5.04. The van der Waals surface area contributed by atoms with Crippen molar-refractivity contribution in [1.29, 1.82) is 0 Å². The van der Waals surface area contributed by atoms with Gasteiger partial charge in [-0.1, -0.05) is 18.2 Å². The lowest BCUT2D eigenvalue weighted by molar-refractivity contribution is -0.233. The molecule has 0 bridgehead atoms. The fraction of sp³-hybridized carbons (Fsp3) is 0.438. The quantitative estimate of drug-likeness (QED) is 0.372. The smallest absolute Gasteiger partial charge is 0.310 e. The van der Waals surface area contributed by atoms with Crippen LogP contribution in [0.2, 0.25) is 0 Å². The highest BCUT2D eigenvalue weighted by Crippen LogP contribution is 2.25. The van der Waals surface area contributed by atoms with Crippen molar-refractivity contribution in [3.63, 3.8) is 0 Å². The number of benzene rings is 1. The van der Waals surface area contributed by atoms with Gasteiger partial charge in [0.15, 0.2) is 6.10 Å². The minimum absolute atomic E-state index is 0.116. The summed E-state index contributed by atoms with van der Waals surface area (Å²) in [6.45, 7) is 0. The molecular weight excluding hydrogens is 318 g/mol. The van der Waals surface area contributed by atoms with Gasteiger partial charge < -0.3 is 35.3 Å². The average molecular weight is 337 g/mol. The first kappa shape index (κ1) is 16.9. The monoisotopic (exact) mass is 337 g/mol. The zero-order valence-electron chi connectivity index (χ0n) is 12.6. The van der Waals surface area contributed by atoms with E-state index in [0.717, 1.165) is 10.9 Å². The molecule has 8 nitrogen and oxygen atoms in total. The largest absolute Gasteiger partial charge is 0.456 e. The number of carbonyl (C=O) groups excluding carboxylic acids is 1. The van der Waals surface area contributed by atoms with Crippen molar-refractivity contribution in [2.45, 2.75) is 43.0 Å². The molecule has 8 heteroatoms. The molecule has 0 spiro atoms. The third kappa shape index (κ3) is 2.90. The second kappa shape index (κ2) is 6.50. The molecule has 0 saturated heterocycles. The number of esters is 1. The summed E-state index contributed by atoms with van der Waals surface area (Å²) in [5, 5.41) is 49.4. The van der Waals surface area contributed by atoms with Crippen LogP contribution < -0.4 is 0 Å². The van der Waals surface area contributed by atoms with Gasteiger partial charge in [0.25, 0.3) is 0 Å². The number of carbonyl (C=O) groups is 1. The topological polar surface area (TPSA) is 143 Å². The second-order valence-corrected chi connectivity index (χ2v) is 5.94. The molecule has 1 saturated carbocycles. The number of fused-ring (bicyclic) bond motifs is 1. The van der Waals surface area contributed by atoms with Crippen LogP contribution in [0.5, 0.6) is 0 Å². The zero-order chi connectivity index (χ0) is 17.4. The fourth-order valence-corrected chi connectivity index (χ4v) is 2.96. The minimum atomic E-state index is -1.73. The second-order valence-electron chi connectivity index (χ2n) is 5.94. The number of H-pyrrole nitrogens is 1. The lowest BCUT2D eigenvalue weighted by Gasteiger charge is -2.41. The van der Waals surface area contributed by atoms with Crippen LogP contribution in [0.1, 0.15) is 5.56 Å². The Morgan fingerprint density at radius 1 is 0.958 bits per heavy atom. The molecule has 4 unspecified atom stereocenters. The SMILES string of the molecule is O=C(Cc1c[nH]c2ccccc12)OC1C(O)C(O)C(O)C(O)C1O. The molecule has 2 aromatic rings. The number of aromatic nitrogens is 1. The molecule has 3 rings (SSSR count). The van der Waals surface area contributed by atoms with E-state index < -0.39 is 42.6 Å². The van der Waals surface area contributed by atoms with Crippen molar-refractivity contribution < 1.29 is 35.1 Å². The third-order valence-electron chi connectivity index (χ3n) is 4.35. The summed E-state index contributed by atoms with van der Waals surface area (Å²) in [6.07, 6.45) is -8.57. The first-order valence-corrected chi connectivity index (χ1v) is 7.55. The lowest BCUT2D eigenvalue weighted by atomic mass is 9.85. The number of aromatic amines is 1. The van der Waals surface area contributed by atoms with Crippen LogP contribution in [-0.2, 0) is 16.0 Å². The molecule has 1 fully saturated rings. The Kier molecular flexibility index (Phi) is 4.57. The molecule has 4 atom stereocenters. The maximum absolute atomic E-state index is 12.1. The zero-order valence-corrected chi connectivity index (χ0v) is 12.6.